The number of anilines is 1. The number of fused-ring (bicyclic) bond motifs is 1. The molecule has 0 bridgehead atoms. The number of non-ortho nitro benzene ring substituents is 1. The lowest BCUT2D eigenvalue weighted by molar-refractivity contribution is -0.385. The fourth-order valence-electron chi connectivity index (χ4n) is 4.06. The summed E-state index contributed by atoms with van der Waals surface area (Å²) in [6, 6.07) is 4.07. The smallest absolute Gasteiger partial charge is 0.270 e. The SMILES string of the molecule is CS(=O)(=O)c1cc([N+](=O)[O-])ccc1N1CCCC(c2nnc3n2CCC3)C1. The Morgan fingerprint density at radius 1 is 1.22 bits per heavy atom. The maximum atomic E-state index is 12.3. The van der Waals surface area contributed by atoms with E-state index in [1.807, 2.05) is 4.90 Å². The molecule has 0 aliphatic carbocycles. The van der Waals surface area contributed by atoms with Gasteiger partial charge in [0, 0.05) is 50.4 Å². The van der Waals surface area contributed by atoms with Gasteiger partial charge in [0.25, 0.3) is 5.69 Å². The zero-order valence-electron chi connectivity index (χ0n) is 15.0. The Hall–Kier alpha value is -2.49. The molecule has 1 aromatic heterocycles. The number of nitro groups is 1. The van der Waals surface area contributed by atoms with E-state index in [1.54, 1.807) is 6.07 Å². The van der Waals surface area contributed by atoms with Crippen molar-refractivity contribution in [1.82, 2.24) is 14.8 Å². The fourth-order valence-corrected chi connectivity index (χ4v) is 4.97. The van der Waals surface area contributed by atoms with Crippen molar-refractivity contribution in [2.75, 3.05) is 24.2 Å². The number of nitro benzene ring substituents is 1. The molecule has 0 saturated carbocycles. The van der Waals surface area contributed by atoms with Crippen LogP contribution in [-0.4, -0.2) is 47.5 Å². The maximum Gasteiger partial charge on any atom is 0.270 e. The summed E-state index contributed by atoms with van der Waals surface area (Å²) in [7, 11) is -3.60. The minimum Gasteiger partial charge on any atom is -0.370 e. The van der Waals surface area contributed by atoms with Crippen LogP contribution in [0.25, 0.3) is 0 Å². The molecule has 10 heteroatoms. The Morgan fingerprint density at radius 2 is 2.04 bits per heavy atom. The summed E-state index contributed by atoms with van der Waals surface area (Å²) in [6.07, 6.45) is 4.98. The van der Waals surface area contributed by atoms with Crippen LogP contribution in [0.1, 0.15) is 36.8 Å². The molecule has 2 aliphatic heterocycles. The quantitative estimate of drug-likeness (QED) is 0.578. The van der Waals surface area contributed by atoms with Gasteiger partial charge >= 0.3 is 0 Å². The van der Waals surface area contributed by atoms with Gasteiger partial charge in [-0.2, -0.15) is 0 Å². The molecule has 1 aromatic carbocycles. The first-order valence-corrected chi connectivity index (χ1v) is 10.9. The molecule has 0 spiro atoms. The third kappa shape index (κ3) is 3.29. The summed E-state index contributed by atoms with van der Waals surface area (Å²) in [6.45, 7) is 2.26. The summed E-state index contributed by atoms with van der Waals surface area (Å²) in [4.78, 5) is 12.5. The summed E-state index contributed by atoms with van der Waals surface area (Å²) in [5, 5.41) is 19.7. The number of benzene rings is 1. The minimum atomic E-state index is -3.60. The van der Waals surface area contributed by atoms with Crippen molar-refractivity contribution in [2.45, 2.75) is 43.0 Å². The second kappa shape index (κ2) is 6.59. The molecule has 1 saturated heterocycles. The van der Waals surface area contributed by atoms with E-state index in [2.05, 4.69) is 14.8 Å². The van der Waals surface area contributed by atoms with Gasteiger partial charge in [-0.05, 0) is 25.3 Å². The van der Waals surface area contributed by atoms with E-state index in [-0.39, 0.29) is 16.5 Å². The number of piperidine rings is 1. The predicted molar refractivity (Wildman–Crippen MR) is 98.7 cm³/mol. The molecule has 4 rings (SSSR count). The molecular formula is C17H21N5O4S. The number of hydrogen-bond donors (Lipinski definition) is 0. The Labute approximate surface area is 157 Å². The number of sulfone groups is 1. The van der Waals surface area contributed by atoms with Crippen molar-refractivity contribution in [2.24, 2.45) is 0 Å². The van der Waals surface area contributed by atoms with Crippen LogP contribution in [0, 0.1) is 10.1 Å². The van der Waals surface area contributed by atoms with Gasteiger partial charge in [0.2, 0.25) is 0 Å². The van der Waals surface area contributed by atoms with Gasteiger partial charge in [0.15, 0.2) is 9.84 Å². The van der Waals surface area contributed by atoms with Crippen molar-refractivity contribution in [3.05, 3.63) is 40.0 Å². The van der Waals surface area contributed by atoms with Crippen molar-refractivity contribution in [1.29, 1.82) is 0 Å². The van der Waals surface area contributed by atoms with Crippen LogP contribution in [0.4, 0.5) is 11.4 Å². The second-order valence-corrected chi connectivity index (χ2v) is 9.18. The molecule has 2 aromatic rings. The van der Waals surface area contributed by atoms with E-state index < -0.39 is 14.8 Å². The van der Waals surface area contributed by atoms with Gasteiger partial charge in [-0.3, -0.25) is 10.1 Å². The molecule has 27 heavy (non-hydrogen) atoms. The third-order valence-electron chi connectivity index (χ3n) is 5.32. The molecule has 1 unspecified atom stereocenters. The summed E-state index contributed by atoms with van der Waals surface area (Å²) in [5.74, 6) is 2.16. The normalized spacial score (nSPS) is 19.9. The number of nitrogens with zero attached hydrogens (tertiary/aromatic N) is 5. The van der Waals surface area contributed by atoms with Crippen LogP contribution in [-0.2, 0) is 22.8 Å². The lowest BCUT2D eigenvalue weighted by atomic mass is 9.96. The standard InChI is InChI=1S/C17H21N5O4S/c1-27(25,26)15-10-13(22(23)24)6-7-14(15)20-8-2-4-12(11-20)17-19-18-16-5-3-9-21(16)17/h6-7,10,12H,2-5,8-9,11H2,1H3. The zero-order chi connectivity index (χ0) is 19.2. The van der Waals surface area contributed by atoms with Crippen LogP contribution in [0.3, 0.4) is 0 Å². The molecule has 144 valence electrons. The van der Waals surface area contributed by atoms with Gasteiger partial charge in [-0.25, -0.2) is 8.42 Å². The number of aryl methyl sites for hydroxylation is 1. The van der Waals surface area contributed by atoms with E-state index >= 15 is 0 Å². The third-order valence-corrected chi connectivity index (χ3v) is 6.44. The Balaban J connectivity index is 1.68. The summed E-state index contributed by atoms with van der Waals surface area (Å²) >= 11 is 0. The van der Waals surface area contributed by atoms with Crippen LogP contribution < -0.4 is 4.90 Å². The highest BCUT2D eigenvalue weighted by Crippen LogP contribution is 2.35. The largest absolute Gasteiger partial charge is 0.370 e. The first-order valence-electron chi connectivity index (χ1n) is 9.00. The van der Waals surface area contributed by atoms with Crippen molar-refractivity contribution in [3.63, 3.8) is 0 Å². The molecule has 0 N–H and O–H groups in total. The van der Waals surface area contributed by atoms with E-state index in [0.29, 0.717) is 18.8 Å². The summed E-state index contributed by atoms with van der Waals surface area (Å²) in [5.41, 5.74) is 0.303. The van der Waals surface area contributed by atoms with E-state index in [0.717, 1.165) is 56.2 Å². The van der Waals surface area contributed by atoms with Crippen LogP contribution >= 0.6 is 0 Å². The minimum absolute atomic E-state index is 0.00354. The molecule has 0 radical (unpaired) electrons. The van der Waals surface area contributed by atoms with Crippen molar-refractivity contribution in [3.8, 4) is 0 Å². The highest BCUT2D eigenvalue weighted by molar-refractivity contribution is 7.90. The average Bonchev–Trinajstić information content (AvgIpc) is 3.24. The highest BCUT2D eigenvalue weighted by Gasteiger charge is 2.30. The van der Waals surface area contributed by atoms with Gasteiger partial charge in [0.1, 0.15) is 11.6 Å². The lowest BCUT2D eigenvalue weighted by Gasteiger charge is -2.34. The van der Waals surface area contributed by atoms with Crippen LogP contribution in [0.2, 0.25) is 0 Å². The van der Waals surface area contributed by atoms with E-state index in [4.69, 9.17) is 0 Å². The monoisotopic (exact) mass is 391 g/mol. The van der Waals surface area contributed by atoms with Crippen LogP contribution in [0.15, 0.2) is 23.1 Å². The van der Waals surface area contributed by atoms with Gasteiger partial charge in [-0.1, -0.05) is 0 Å². The summed E-state index contributed by atoms with van der Waals surface area (Å²) < 4.78 is 26.7. The number of hydrogen-bond acceptors (Lipinski definition) is 7. The second-order valence-electron chi connectivity index (χ2n) is 7.20. The Bertz CT molecular complexity index is 1000. The highest BCUT2D eigenvalue weighted by atomic mass is 32.2. The molecule has 3 heterocycles. The zero-order valence-corrected chi connectivity index (χ0v) is 15.9. The number of rotatable bonds is 4. The molecule has 0 amide bonds. The molecular weight excluding hydrogens is 370 g/mol. The lowest BCUT2D eigenvalue weighted by Crippen LogP contribution is -2.36. The maximum absolute atomic E-state index is 12.3. The van der Waals surface area contributed by atoms with Gasteiger partial charge < -0.3 is 9.47 Å². The first-order chi connectivity index (χ1) is 12.8. The average molecular weight is 391 g/mol. The Kier molecular flexibility index (Phi) is 4.37. The van der Waals surface area contributed by atoms with Crippen molar-refractivity contribution >= 4 is 21.2 Å². The van der Waals surface area contributed by atoms with E-state index in [9.17, 15) is 18.5 Å². The van der Waals surface area contributed by atoms with Gasteiger partial charge in [0.05, 0.1) is 15.5 Å². The van der Waals surface area contributed by atoms with Crippen LogP contribution in [0.5, 0.6) is 0 Å². The first kappa shape index (κ1) is 17.9. The predicted octanol–water partition coefficient (Wildman–Crippen LogP) is 1.92. The molecule has 1 fully saturated rings. The van der Waals surface area contributed by atoms with Gasteiger partial charge in [-0.15, -0.1) is 10.2 Å². The molecule has 9 nitrogen and oxygen atoms in total. The fraction of sp³-hybridized carbons (Fsp3) is 0.529. The molecule has 2 aliphatic rings. The topological polar surface area (TPSA) is 111 Å². The Morgan fingerprint density at radius 3 is 2.78 bits per heavy atom. The van der Waals surface area contributed by atoms with Crippen molar-refractivity contribution < 1.29 is 13.3 Å². The molecule has 1 atom stereocenters. The van der Waals surface area contributed by atoms with E-state index in [1.165, 1.54) is 6.07 Å². The number of aromatic nitrogens is 3.